The lowest BCUT2D eigenvalue weighted by Crippen LogP contribution is -2.42. The van der Waals surface area contributed by atoms with E-state index in [-0.39, 0.29) is 24.0 Å². The molecule has 0 saturated carbocycles. The quantitative estimate of drug-likeness (QED) is 0.313. The fourth-order valence-electron chi connectivity index (χ4n) is 4.63. The van der Waals surface area contributed by atoms with E-state index in [0.29, 0.717) is 40.1 Å². The number of ether oxygens (including phenoxy) is 1. The Morgan fingerprint density at radius 3 is 2.85 bits per heavy atom. The largest absolute Gasteiger partial charge is 0.497 e. The first-order valence-electron chi connectivity index (χ1n) is 11.6. The Kier molecular flexibility index (Phi) is 9.83. The topological polar surface area (TPSA) is 79.7 Å². The second-order valence-corrected chi connectivity index (χ2v) is 10.3. The third-order valence-corrected chi connectivity index (χ3v) is 7.82. The highest BCUT2D eigenvalue weighted by Gasteiger charge is 2.31. The van der Waals surface area contributed by atoms with Crippen molar-refractivity contribution in [3.05, 3.63) is 35.0 Å². The van der Waals surface area contributed by atoms with Gasteiger partial charge in [-0.15, -0.1) is 0 Å². The highest BCUT2D eigenvalue weighted by atomic mass is 35.5. The number of carboxylic acids is 1. The van der Waals surface area contributed by atoms with Crippen LogP contribution in [0.25, 0.3) is 10.9 Å². The van der Waals surface area contributed by atoms with Crippen molar-refractivity contribution >= 4 is 46.0 Å². The molecule has 0 unspecified atom stereocenters. The fourth-order valence-corrected chi connectivity index (χ4v) is 5.77. The molecule has 0 bridgehead atoms. The molecule has 1 N–H and O–H groups in total. The number of Topliss-reactive ketones (excluding diaryl/α,β-unsaturated/α-hetero) is 1. The van der Waals surface area contributed by atoms with Gasteiger partial charge in [0.25, 0.3) is 0 Å². The van der Waals surface area contributed by atoms with Gasteiger partial charge in [-0.3, -0.25) is 14.6 Å². The molecule has 0 amide bonds. The molecule has 0 spiro atoms. The van der Waals surface area contributed by atoms with Gasteiger partial charge in [-0.05, 0) is 61.6 Å². The lowest BCUT2D eigenvalue weighted by Gasteiger charge is -2.38. The van der Waals surface area contributed by atoms with Crippen molar-refractivity contribution in [3.63, 3.8) is 0 Å². The molecule has 2 aromatic rings. The number of nitrogens with zero attached hydrogens (tertiary/aromatic N) is 2. The molecule has 2 heterocycles. The summed E-state index contributed by atoms with van der Waals surface area (Å²) in [5, 5.41) is 10.5. The number of thioether (sulfide) groups is 1. The predicted molar refractivity (Wildman–Crippen MR) is 135 cm³/mol. The maximum absolute atomic E-state index is 13.2. The van der Waals surface area contributed by atoms with Crippen LogP contribution in [0, 0.1) is 11.8 Å². The van der Waals surface area contributed by atoms with Crippen molar-refractivity contribution in [2.75, 3.05) is 38.2 Å². The zero-order valence-electron chi connectivity index (χ0n) is 19.4. The number of hydrogen-bond acceptors (Lipinski definition) is 6. The van der Waals surface area contributed by atoms with E-state index in [4.69, 9.17) is 16.3 Å². The maximum Gasteiger partial charge on any atom is 0.303 e. The predicted octanol–water partition coefficient (Wildman–Crippen LogP) is 5.42. The SMILES string of the molecule is CCCSCCN1CC[C@@H](CCC(=O)c2c(Cl)cnc3ccc(OC)cc23)[C@@H](CC(=O)O)C1. The molecule has 8 heteroatoms. The molecule has 0 aliphatic carbocycles. The van der Waals surface area contributed by atoms with E-state index >= 15 is 0 Å². The minimum Gasteiger partial charge on any atom is -0.497 e. The van der Waals surface area contributed by atoms with Crippen LogP contribution in [0.15, 0.2) is 24.4 Å². The monoisotopic (exact) mass is 492 g/mol. The van der Waals surface area contributed by atoms with Crippen LogP contribution in [0.4, 0.5) is 0 Å². The summed E-state index contributed by atoms with van der Waals surface area (Å²) in [7, 11) is 1.58. The molecule has 1 aliphatic rings. The van der Waals surface area contributed by atoms with Gasteiger partial charge in [-0.25, -0.2) is 0 Å². The van der Waals surface area contributed by atoms with Crippen molar-refractivity contribution in [2.24, 2.45) is 11.8 Å². The van der Waals surface area contributed by atoms with E-state index in [1.165, 1.54) is 12.6 Å². The average Bonchev–Trinajstić information content (AvgIpc) is 2.80. The number of carbonyl (C=O) groups is 2. The summed E-state index contributed by atoms with van der Waals surface area (Å²) in [6.45, 7) is 4.92. The van der Waals surface area contributed by atoms with Crippen LogP contribution in [-0.2, 0) is 4.79 Å². The number of carbonyl (C=O) groups excluding carboxylic acids is 1. The Balaban J connectivity index is 1.67. The molecule has 1 fully saturated rings. The smallest absolute Gasteiger partial charge is 0.303 e. The van der Waals surface area contributed by atoms with Crippen LogP contribution in [-0.4, -0.2) is 65.0 Å². The molecule has 33 heavy (non-hydrogen) atoms. The summed E-state index contributed by atoms with van der Waals surface area (Å²) in [4.78, 5) is 31.4. The summed E-state index contributed by atoms with van der Waals surface area (Å²) in [6.07, 6.45) is 4.76. The van der Waals surface area contributed by atoms with Crippen molar-refractivity contribution in [3.8, 4) is 5.75 Å². The third kappa shape index (κ3) is 7.08. The number of pyridine rings is 1. The zero-order chi connectivity index (χ0) is 23.8. The second-order valence-electron chi connectivity index (χ2n) is 8.65. The van der Waals surface area contributed by atoms with E-state index in [2.05, 4.69) is 16.8 Å². The van der Waals surface area contributed by atoms with Gasteiger partial charge in [0.2, 0.25) is 0 Å². The van der Waals surface area contributed by atoms with E-state index in [1.54, 1.807) is 13.2 Å². The first kappa shape index (κ1) is 25.8. The highest BCUT2D eigenvalue weighted by Crippen LogP contribution is 2.33. The molecule has 180 valence electrons. The molecular formula is C25H33ClN2O4S. The highest BCUT2D eigenvalue weighted by molar-refractivity contribution is 7.99. The lowest BCUT2D eigenvalue weighted by molar-refractivity contribution is -0.139. The lowest BCUT2D eigenvalue weighted by atomic mass is 9.79. The van der Waals surface area contributed by atoms with Gasteiger partial charge in [0.05, 0.1) is 17.6 Å². The number of rotatable bonds is 12. The first-order valence-corrected chi connectivity index (χ1v) is 13.1. The zero-order valence-corrected chi connectivity index (χ0v) is 21.0. The number of halogens is 1. The Morgan fingerprint density at radius 2 is 2.12 bits per heavy atom. The van der Waals surface area contributed by atoms with Crippen LogP contribution >= 0.6 is 23.4 Å². The van der Waals surface area contributed by atoms with Crippen LogP contribution in [0.1, 0.15) is 49.4 Å². The van der Waals surface area contributed by atoms with E-state index in [1.807, 2.05) is 23.9 Å². The Labute approximate surface area is 205 Å². The number of fused-ring (bicyclic) bond motifs is 1. The number of carboxylic acid groups (broad SMARTS) is 1. The van der Waals surface area contributed by atoms with Gasteiger partial charge in [-0.2, -0.15) is 11.8 Å². The minimum absolute atomic E-state index is 0.0341. The van der Waals surface area contributed by atoms with E-state index in [9.17, 15) is 14.7 Å². The Bertz CT molecular complexity index is 971. The molecule has 2 atom stereocenters. The number of benzene rings is 1. The average molecular weight is 493 g/mol. The van der Waals surface area contributed by atoms with Gasteiger partial charge in [0, 0.05) is 48.8 Å². The number of hydrogen-bond donors (Lipinski definition) is 1. The third-order valence-electron chi connectivity index (χ3n) is 6.36. The number of likely N-dealkylation sites (tertiary alicyclic amines) is 1. The summed E-state index contributed by atoms with van der Waals surface area (Å²) in [5.41, 5.74) is 1.17. The number of piperidine rings is 1. The van der Waals surface area contributed by atoms with Crippen LogP contribution in [0.3, 0.4) is 0 Å². The van der Waals surface area contributed by atoms with E-state index < -0.39 is 5.97 Å². The van der Waals surface area contributed by atoms with Crippen molar-refractivity contribution in [1.82, 2.24) is 9.88 Å². The maximum atomic E-state index is 13.2. The van der Waals surface area contributed by atoms with E-state index in [0.717, 1.165) is 37.6 Å². The van der Waals surface area contributed by atoms with Crippen LogP contribution in [0.2, 0.25) is 5.02 Å². The fraction of sp³-hybridized carbons (Fsp3) is 0.560. The summed E-state index contributed by atoms with van der Waals surface area (Å²) < 4.78 is 5.31. The van der Waals surface area contributed by atoms with Gasteiger partial charge in [0.15, 0.2) is 5.78 Å². The molecule has 6 nitrogen and oxygen atoms in total. The molecule has 0 radical (unpaired) electrons. The summed E-state index contributed by atoms with van der Waals surface area (Å²) in [5.74, 6) is 2.35. The Hall–Kier alpha value is -1.83. The Morgan fingerprint density at radius 1 is 1.30 bits per heavy atom. The van der Waals surface area contributed by atoms with Crippen molar-refractivity contribution in [1.29, 1.82) is 0 Å². The minimum atomic E-state index is -0.770. The van der Waals surface area contributed by atoms with Crippen molar-refractivity contribution < 1.29 is 19.4 Å². The first-order chi connectivity index (χ1) is 15.9. The molecule has 1 aromatic heterocycles. The molecular weight excluding hydrogens is 460 g/mol. The molecule has 1 aromatic carbocycles. The second kappa shape index (κ2) is 12.6. The number of ketones is 1. The van der Waals surface area contributed by atoms with Crippen LogP contribution < -0.4 is 4.74 Å². The van der Waals surface area contributed by atoms with Crippen molar-refractivity contribution in [2.45, 2.75) is 39.0 Å². The molecule has 1 saturated heterocycles. The molecule has 1 aliphatic heterocycles. The summed E-state index contributed by atoms with van der Waals surface area (Å²) >= 11 is 8.34. The number of methoxy groups -OCH3 is 1. The number of aliphatic carboxylic acids is 1. The normalized spacial score (nSPS) is 19.0. The van der Waals surface area contributed by atoms with Gasteiger partial charge in [-0.1, -0.05) is 18.5 Å². The van der Waals surface area contributed by atoms with Crippen LogP contribution in [0.5, 0.6) is 5.75 Å². The number of aromatic nitrogens is 1. The summed E-state index contributed by atoms with van der Waals surface area (Å²) in [6, 6.07) is 5.42. The molecule has 3 rings (SSSR count). The van der Waals surface area contributed by atoms with Gasteiger partial charge < -0.3 is 14.7 Å². The van der Waals surface area contributed by atoms with Gasteiger partial charge in [0.1, 0.15) is 5.75 Å². The standard InChI is InChI=1S/C25H33ClN2O4S/c1-3-11-33-12-10-28-9-8-17(18(16-28)13-24(30)31)4-7-23(29)25-20-14-19(32-2)5-6-22(20)27-15-21(25)26/h5-6,14-15,17-18H,3-4,7-13,16H2,1-2H3,(H,30,31)/t17-,18+/m1/s1. The van der Waals surface area contributed by atoms with Gasteiger partial charge >= 0.3 is 5.97 Å².